The summed E-state index contributed by atoms with van der Waals surface area (Å²) in [6.07, 6.45) is 0.484. The molecule has 2 N–H and O–H groups in total. The molecule has 0 spiro atoms. The van der Waals surface area contributed by atoms with Gasteiger partial charge in [0.2, 0.25) is 5.91 Å². The number of nitrogens with one attached hydrogen (secondary N) is 2. The first kappa shape index (κ1) is 21.0. The Morgan fingerprint density at radius 1 is 1.15 bits per heavy atom. The summed E-state index contributed by atoms with van der Waals surface area (Å²) in [6.45, 7) is 3.48. The third kappa shape index (κ3) is 6.41. The Bertz CT molecular complexity index is 763. The second kappa shape index (κ2) is 10.7. The maximum atomic E-state index is 11.9. The molecule has 6 heteroatoms. The second-order valence-corrected chi connectivity index (χ2v) is 7.31. The lowest BCUT2D eigenvalue weighted by Crippen LogP contribution is -2.31. The van der Waals surface area contributed by atoms with E-state index in [0.29, 0.717) is 18.6 Å². The fraction of sp³-hybridized carbons (Fsp3) is 0.333. The van der Waals surface area contributed by atoms with Crippen molar-refractivity contribution >= 4 is 23.3 Å². The molecule has 2 aromatic rings. The maximum Gasteiger partial charge on any atom is 0.233 e. The van der Waals surface area contributed by atoms with Gasteiger partial charge in [-0.1, -0.05) is 53.7 Å². The van der Waals surface area contributed by atoms with Gasteiger partial charge < -0.3 is 15.4 Å². The van der Waals surface area contributed by atoms with E-state index in [4.69, 9.17) is 4.74 Å². The van der Waals surface area contributed by atoms with Crippen LogP contribution < -0.4 is 15.4 Å². The minimum Gasteiger partial charge on any atom is -0.496 e. The van der Waals surface area contributed by atoms with Crippen molar-refractivity contribution in [3.8, 4) is 5.75 Å². The highest BCUT2D eigenvalue weighted by Gasteiger charge is 2.19. The third-order valence-electron chi connectivity index (χ3n) is 4.29. The van der Waals surface area contributed by atoms with Crippen molar-refractivity contribution in [1.29, 1.82) is 0 Å². The van der Waals surface area contributed by atoms with E-state index >= 15 is 0 Å². The normalized spacial score (nSPS) is 11.7. The van der Waals surface area contributed by atoms with Crippen LogP contribution in [0.3, 0.4) is 0 Å². The number of carbonyl (C=O) groups excluding carboxylic acids is 2. The summed E-state index contributed by atoms with van der Waals surface area (Å²) in [5.74, 6) is 0.650. The lowest BCUT2D eigenvalue weighted by molar-refractivity contribution is -0.120. The number of hydrogen-bond donors (Lipinski definition) is 2. The Morgan fingerprint density at radius 2 is 1.85 bits per heavy atom. The molecular weight excluding hydrogens is 360 g/mol. The summed E-state index contributed by atoms with van der Waals surface area (Å²) in [5, 5.41) is 5.60. The zero-order valence-electron chi connectivity index (χ0n) is 16.0. The average Bonchev–Trinajstić information content (AvgIpc) is 2.69. The summed E-state index contributed by atoms with van der Waals surface area (Å²) in [5.41, 5.74) is 5.19. The number of rotatable bonds is 10. The molecule has 0 fully saturated rings. The average molecular weight is 387 g/mol. The van der Waals surface area contributed by atoms with Gasteiger partial charge in [-0.25, -0.2) is 0 Å². The Kier molecular flexibility index (Phi) is 8.36. The van der Waals surface area contributed by atoms with Crippen LogP contribution in [0.1, 0.15) is 22.3 Å². The molecule has 0 aromatic heterocycles. The molecule has 1 unspecified atom stereocenters. The van der Waals surface area contributed by atoms with Gasteiger partial charge in [-0.3, -0.25) is 9.59 Å². The molecule has 5 nitrogen and oxygen atoms in total. The zero-order chi connectivity index (χ0) is 19.6. The van der Waals surface area contributed by atoms with Crippen molar-refractivity contribution < 1.29 is 14.3 Å². The predicted molar refractivity (Wildman–Crippen MR) is 111 cm³/mol. The number of methoxy groups -OCH3 is 1. The fourth-order valence-electron chi connectivity index (χ4n) is 2.79. The van der Waals surface area contributed by atoms with Crippen molar-refractivity contribution in [3.05, 3.63) is 64.7 Å². The lowest BCUT2D eigenvalue weighted by atomic mass is 10.0. The first-order valence-corrected chi connectivity index (χ1v) is 9.74. The van der Waals surface area contributed by atoms with Gasteiger partial charge in [0.15, 0.2) is 5.62 Å². The topological polar surface area (TPSA) is 67.4 Å². The van der Waals surface area contributed by atoms with Gasteiger partial charge in [-0.2, -0.15) is 0 Å². The van der Waals surface area contributed by atoms with Crippen molar-refractivity contribution in [2.75, 3.05) is 14.2 Å². The monoisotopic (exact) mass is 386 g/mol. The quantitative estimate of drug-likeness (QED) is 0.615. The first-order valence-electron chi connectivity index (χ1n) is 8.80. The molecule has 27 heavy (non-hydrogen) atoms. The smallest absolute Gasteiger partial charge is 0.233 e. The first-order chi connectivity index (χ1) is 13.1. The zero-order valence-corrected chi connectivity index (χ0v) is 16.8. The Balaban J connectivity index is 2.05. The Hall–Kier alpha value is -2.31. The standard InChI is InChI=1S/C21H26N2O3S/c1-15-4-6-16(7-5-15)12-23-13-18-10-17(8-9-19(18)26-3)11-20(27-14-24)21(25)22-2/h4-10,14,20,23H,11-13H2,1-3H3,(H,22,25). The van der Waals surface area contributed by atoms with Crippen LogP contribution in [0.2, 0.25) is 0 Å². The molecule has 1 atom stereocenters. The van der Waals surface area contributed by atoms with E-state index in [9.17, 15) is 9.59 Å². The second-order valence-electron chi connectivity index (χ2n) is 6.27. The van der Waals surface area contributed by atoms with Crippen LogP contribution in [-0.4, -0.2) is 30.9 Å². The van der Waals surface area contributed by atoms with Crippen LogP contribution >= 0.6 is 11.8 Å². The number of thioether (sulfide) groups is 1. The van der Waals surface area contributed by atoms with Gasteiger partial charge in [0.1, 0.15) is 5.75 Å². The Morgan fingerprint density at radius 3 is 2.48 bits per heavy atom. The van der Waals surface area contributed by atoms with Gasteiger partial charge >= 0.3 is 0 Å². The van der Waals surface area contributed by atoms with E-state index < -0.39 is 5.25 Å². The van der Waals surface area contributed by atoms with E-state index in [2.05, 4.69) is 41.8 Å². The minimum atomic E-state index is -0.436. The summed E-state index contributed by atoms with van der Waals surface area (Å²) in [7, 11) is 3.23. The van der Waals surface area contributed by atoms with Crippen molar-refractivity contribution in [2.24, 2.45) is 0 Å². The lowest BCUT2D eigenvalue weighted by Gasteiger charge is -2.15. The van der Waals surface area contributed by atoms with Gasteiger partial charge in [0, 0.05) is 25.7 Å². The maximum absolute atomic E-state index is 11.9. The third-order valence-corrected chi connectivity index (χ3v) is 5.11. The van der Waals surface area contributed by atoms with E-state index in [0.717, 1.165) is 35.2 Å². The van der Waals surface area contributed by atoms with Crippen LogP contribution in [-0.2, 0) is 29.1 Å². The molecule has 1 amide bonds. The van der Waals surface area contributed by atoms with E-state index in [-0.39, 0.29) is 5.91 Å². The number of ether oxygens (including phenoxy) is 1. The van der Waals surface area contributed by atoms with Crippen LogP contribution in [0.15, 0.2) is 42.5 Å². The minimum absolute atomic E-state index is 0.151. The number of benzene rings is 2. The molecule has 0 bridgehead atoms. The molecule has 0 aliphatic rings. The molecule has 0 aliphatic carbocycles. The molecule has 2 aromatic carbocycles. The van der Waals surface area contributed by atoms with Crippen molar-refractivity contribution in [3.63, 3.8) is 0 Å². The molecule has 0 saturated heterocycles. The molecule has 144 valence electrons. The molecular formula is C21H26N2O3S. The van der Waals surface area contributed by atoms with Gasteiger partial charge in [-0.05, 0) is 30.5 Å². The van der Waals surface area contributed by atoms with Crippen molar-refractivity contribution in [1.82, 2.24) is 10.6 Å². The van der Waals surface area contributed by atoms with Gasteiger partial charge in [-0.15, -0.1) is 0 Å². The Labute approximate surface area is 164 Å². The van der Waals surface area contributed by atoms with Gasteiger partial charge in [0.05, 0.1) is 12.4 Å². The summed E-state index contributed by atoms with van der Waals surface area (Å²) in [6, 6.07) is 14.3. The van der Waals surface area contributed by atoms with E-state index in [1.54, 1.807) is 14.2 Å². The highest BCUT2D eigenvalue weighted by molar-refractivity contribution is 8.13. The van der Waals surface area contributed by atoms with E-state index in [1.807, 2.05) is 18.2 Å². The highest BCUT2D eigenvalue weighted by atomic mass is 32.2. The summed E-state index contributed by atoms with van der Waals surface area (Å²) in [4.78, 5) is 22.8. The van der Waals surface area contributed by atoms with Crippen molar-refractivity contribution in [2.45, 2.75) is 31.7 Å². The van der Waals surface area contributed by atoms with Crippen LogP contribution in [0, 0.1) is 6.92 Å². The molecule has 0 heterocycles. The highest BCUT2D eigenvalue weighted by Crippen LogP contribution is 2.23. The largest absolute Gasteiger partial charge is 0.496 e. The van der Waals surface area contributed by atoms with Crippen LogP contribution in [0.5, 0.6) is 5.75 Å². The fourth-order valence-corrected chi connectivity index (χ4v) is 3.45. The predicted octanol–water partition coefficient (Wildman–Crippen LogP) is 2.87. The van der Waals surface area contributed by atoms with Gasteiger partial charge in [0.25, 0.3) is 0 Å². The molecule has 0 aliphatic heterocycles. The summed E-state index contributed by atoms with van der Waals surface area (Å²) >= 11 is 0.997. The molecule has 2 rings (SSSR count). The number of carbonyl (C=O) groups is 2. The van der Waals surface area contributed by atoms with Crippen LogP contribution in [0.4, 0.5) is 0 Å². The van der Waals surface area contributed by atoms with Crippen LogP contribution in [0.25, 0.3) is 0 Å². The number of hydrogen-bond acceptors (Lipinski definition) is 5. The molecule has 0 saturated carbocycles. The van der Waals surface area contributed by atoms with E-state index in [1.165, 1.54) is 11.1 Å². The number of amides is 1. The summed E-state index contributed by atoms with van der Waals surface area (Å²) < 4.78 is 5.46. The molecule has 0 radical (unpaired) electrons. The SMILES string of the molecule is CNC(=O)C(Cc1ccc(OC)c(CNCc2ccc(C)cc2)c1)SC=O. The number of aryl methyl sites for hydroxylation is 1.